The first-order valence-corrected chi connectivity index (χ1v) is 9.30. The molecule has 8 heteroatoms. The smallest absolute Gasteiger partial charge is 0.344 e. The number of esters is 1. The SMILES string of the molecule is COC(=O)C1=C(O)/C(=C\c2ccc(O)cc2)SC1=Nc1ccc(OC)c(OC)c1. The first-order valence-electron chi connectivity index (χ1n) is 8.48. The topological polar surface area (TPSA) is 97.6 Å². The molecule has 0 amide bonds. The van der Waals surface area contributed by atoms with Crippen LogP contribution < -0.4 is 9.47 Å². The monoisotopic (exact) mass is 413 g/mol. The number of phenols is 1. The maximum atomic E-state index is 12.3. The van der Waals surface area contributed by atoms with Crippen LogP contribution in [0.25, 0.3) is 6.08 Å². The number of aliphatic hydroxyl groups is 1. The summed E-state index contributed by atoms with van der Waals surface area (Å²) in [7, 11) is 4.29. The van der Waals surface area contributed by atoms with Crippen LogP contribution in [0, 0.1) is 0 Å². The van der Waals surface area contributed by atoms with E-state index >= 15 is 0 Å². The molecule has 0 aromatic heterocycles. The van der Waals surface area contributed by atoms with E-state index in [2.05, 4.69) is 4.99 Å². The van der Waals surface area contributed by atoms with Crippen LogP contribution in [0.1, 0.15) is 5.56 Å². The molecule has 2 aromatic carbocycles. The number of benzene rings is 2. The first kappa shape index (κ1) is 20.3. The molecule has 2 N–H and O–H groups in total. The zero-order chi connectivity index (χ0) is 21.0. The second-order valence-electron chi connectivity index (χ2n) is 5.87. The third kappa shape index (κ3) is 4.38. The van der Waals surface area contributed by atoms with Gasteiger partial charge in [0.05, 0.1) is 31.9 Å². The number of carbonyl (C=O) groups excluding carboxylic acids is 1. The number of hydrogen-bond donors (Lipinski definition) is 2. The van der Waals surface area contributed by atoms with Gasteiger partial charge in [-0.3, -0.25) is 0 Å². The lowest BCUT2D eigenvalue weighted by molar-refractivity contribution is -0.135. The number of aromatic hydroxyl groups is 1. The van der Waals surface area contributed by atoms with Gasteiger partial charge in [-0.2, -0.15) is 0 Å². The lowest BCUT2D eigenvalue weighted by atomic mass is 10.1. The Bertz CT molecular complexity index is 1020. The number of nitrogens with zero attached hydrogens (tertiary/aromatic N) is 1. The van der Waals surface area contributed by atoms with Gasteiger partial charge >= 0.3 is 5.97 Å². The molecule has 150 valence electrons. The fraction of sp³-hybridized carbons (Fsp3) is 0.143. The van der Waals surface area contributed by atoms with E-state index in [0.29, 0.717) is 27.1 Å². The molecule has 1 heterocycles. The molecule has 29 heavy (non-hydrogen) atoms. The third-order valence-corrected chi connectivity index (χ3v) is 5.09. The molecule has 3 rings (SSSR count). The van der Waals surface area contributed by atoms with E-state index in [9.17, 15) is 15.0 Å². The van der Waals surface area contributed by atoms with E-state index in [1.54, 1.807) is 36.4 Å². The van der Waals surface area contributed by atoms with Crippen LogP contribution in [-0.2, 0) is 9.53 Å². The summed E-state index contributed by atoms with van der Waals surface area (Å²) in [5, 5.41) is 20.3. The maximum absolute atomic E-state index is 12.3. The summed E-state index contributed by atoms with van der Waals surface area (Å²) in [5.74, 6) is 0.273. The van der Waals surface area contributed by atoms with Crippen molar-refractivity contribution in [1.82, 2.24) is 0 Å². The Hall–Kier alpha value is -3.39. The summed E-state index contributed by atoms with van der Waals surface area (Å²) in [6.07, 6.45) is 1.69. The maximum Gasteiger partial charge on any atom is 0.344 e. The van der Waals surface area contributed by atoms with Crippen molar-refractivity contribution in [2.75, 3.05) is 21.3 Å². The predicted molar refractivity (Wildman–Crippen MR) is 112 cm³/mol. The minimum atomic E-state index is -0.691. The Balaban J connectivity index is 2.03. The zero-order valence-electron chi connectivity index (χ0n) is 16.0. The number of methoxy groups -OCH3 is 3. The summed E-state index contributed by atoms with van der Waals surface area (Å²) in [4.78, 5) is 17.2. The van der Waals surface area contributed by atoms with Crippen molar-refractivity contribution in [2.45, 2.75) is 0 Å². The molecule has 7 nitrogen and oxygen atoms in total. The molecule has 0 saturated carbocycles. The van der Waals surface area contributed by atoms with Crippen LogP contribution in [0.15, 0.2) is 63.7 Å². The van der Waals surface area contributed by atoms with Crippen LogP contribution in [-0.4, -0.2) is 42.6 Å². The van der Waals surface area contributed by atoms with E-state index in [0.717, 1.165) is 17.3 Å². The summed E-state index contributed by atoms with van der Waals surface area (Å²) < 4.78 is 15.3. The lowest BCUT2D eigenvalue weighted by Gasteiger charge is -2.08. The highest BCUT2D eigenvalue weighted by molar-refractivity contribution is 8.18. The number of thioether (sulfide) groups is 1. The Morgan fingerprint density at radius 3 is 2.31 bits per heavy atom. The summed E-state index contributed by atoms with van der Waals surface area (Å²) in [6, 6.07) is 11.5. The molecular weight excluding hydrogens is 394 g/mol. The number of rotatable bonds is 5. The Kier molecular flexibility index (Phi) is 6.13. The van der Waals surface area contributed by atoms with Gasteiger partial charge in [0.1, 0.15) is 22.1 Å². The molecule has 0 saturated heterocycles. The van der Waals surface area contributed by atoms with Crippen molar-refractivity contribution in [1.29, 1.82) is 0 Å². The number of aliphatic imine (C=N–C) groups is 1. The van der Waals surface area contributed by atoms with Gasteiger partial charge in [-0.05, 0) is 35.9 Å². The number of hydrogen-bond acceptors (Lipinski definition) is 8. The van der Waals surface area contributed by atoms with Gasteiger partial charge in [0.15, 0.2) is 11.5 Å². The van der Waals surface area contributed by atoms with E-state index in [-0.39, 0.29) is 17.1 Å². The van der Waals surface area contributed by atoms with Gasteiger partial charge in [0.2, 0.25) is 0 Å². The summed E-state index contributed by atoms with van der Waals surface area (Å²) >= 11 is 1.14. The number of ether oxygens (including phenoxy) is 3. The fourth-order valence-electron chi connectivity index (χ4n) is 2.62. The van der Waals surface area contributed by atoms with Crippen LogP contribution in [0.3, 0.4) is 0 Å². The highest BCUT2D eigenvalue weighted by atomic mass is 32.2. The number of phenolic OH excluding ortho intramolecular Hbond substituents is 1. The zero-order valence-corrected chi connectivity index (χ0v) is 16.8. The predicted octanol–water partition coefficient (Wildman–Crippen LogP) is 4.21. The van der Waals surface area contributed by atoms with E-state index in [4.69, 9.17) is 14.2 Å². The molecule has 1 aliphatic heterocycles. The van der Waals surface area contributed by atoms with Gasteiger partial charge in [0, 0.05) is 6.07 Å². The minimum Gasteiger partial charge on any atom is -0.508 e. The van der Waals surface area contributed by atoms with Crippen molar-refractivity contribution in [3.63, 3.8) is 0 Å². The first-order chi connectivity index (χ1) is 14.0. The van der Waals surface area contributed by atoms with E-state index in [1.165, 1.54) is 33.5 Å². The van der Waals surface area contributed by atoms with Crippen molar-refractivity contribution < 1.29 is 29.2 Å². The molecule has 0 radical (unpaired) electrons. The van der Waals surface area contributed by atoms with E-state index < -0.39 is 5.97 Å². The van der Waals surface area contributed by atoms with Gasteiger partial charge in [0.25, 0.3) is 0 Å². The standard InChI is InChI=1S/C21H19NO6S/c1-26-15-9-6-13(11-16(15)27-2)22-20-18(21(25)28-3)19(24)17(29-20)10-12-4-7-14(23)8-5-12/h4-11,23-24H,1-3H3/b17-10+,22-20?. The molecule has 1 aliphatic rings. The Morgan fingerprint density at radius 1 is 1.00 bits per heavy atom. The number of carbonyl (C=O) groups is 1. The molecule has 0 unspecified atom stereocenters. The third-order valence-electron chi connectivity index (χ3n) is 4.07. The highest BCUT2D eigenvalue weighted by Crippen LogP contribution is 2.41. The van der Waals surface area contributed by atoms with Gasteiger partial charge in [-0.15, -0.1) is 0 Å². The Labute approximate surface area is 171 Å². The quantitative estimate of drug-likeness (QED) is 0.709. The number of aliphatic hydroxyl groups excluding tert-OH is 1. The molecule has 2 aromatic rings. The van der Waals surface area contributed by atoms with Gasteiger partial charge < -0.3 is 24.4 Å². The van der Waals surface area contributed by atoms with Crippen molar-refractivity contribution in [3.8, 4) is 17.2 Å². The Morgan fingerprint density at radius 2 is 1.69 bits per heavy atom. The second-order valence-corrected chi connectivity index (χ2v) is 6.90. The molecule has 0 aliphatic carbocycles. The molecule has 0 spiro atoms. The average Bonchev–Trinajstić information content (AvgIpc) is 3.03. The highest BCUT2D eigenvalue weighted by Gasteiger charge is 2.33. The van der Waals surface area contributed by atoms with E-state index in [1.807, 2.05) is 0 Å². The largest absolute Gasteiger partial charge is 0.508 e. The molecule has 0 atom stereocenters. The molecular formula is C21H19NO6S. The average molecular weight is 413 g/mol. The van der Waals surface area contributed by atoms with Gasteiger partial charge in [-0.25, -0.2) is 9.79 Å². The summed E-state index contributed by atoms with van der Waals surface area (Å²) in [5.41, 5.74) is 1.25. The van der Waals surface area contributed by atoms with Gasteiger partial charge in [-0.1, -0.05) is 23.9 Å². The van der Waals surface area contributed by atoms with Crippen LogP contribution in [0.2, 0.25) is 0 Å². The molecule has 0 bridgehead atoms. The van der Waals surface area contributed by atoms with Crippen LogP contribution in [0.5, 0.6) is 17.2 Å². The van der Waals surface area contributed by atoms with Crippen LogP contribution in [0.4, 0.5) is 5.69 Å². The summed E-state index contributed by atoms with van der Waals surface area (Å²) in [6.45, 7) is 0. The van der Waals surface area contributed by atoms with Crippen molar-refractivity contribution >= 4 is 34.5 Å². The normalized spacial score (nSPS) is 16.4. The van der Waals surface area contributed by atoms with Crippen molar-refractivity contribution in [2.24, 2.45) is 4.99 Å². The van der Waals surface area contributed by atoms with Crippen molar-refractivity contribution in [3.05, 3.63) is 64.3 Å². The molecule has 0 fully saturated rings. The minimum absolute atomic E-state index is 0.0164. The fourth-order valence-corrected chi connectivity index (χ4v) is 3.66. The second kappa shape index (κ2) is 8.74. The lowest BCUT2D eigenvalue weighted by Crippen LogP contribution is -2.10. The van der Waals surface area contributed by atoms with Crippen LogP contribution >= 0.6 is 11.8 Å².